The molecule has 0 aliphatic carbocycles. The predicted molar refractivity (Wildman–Crippen MR) is 242 cm³/mol. The molecule has 5 nitrogen and oxygen atoms in total. The summed E-state index contributed by atoms with van der Waals surface area (Å²) in [6.45, 7) is 0. The Kier molecular flexibility index (Phi) is 7.47. The Bertz CT molecular complexity index is 3610. The van der Waals surface area contributed by atoms with Crippen molar-refractivity contribution in [1.82, 2.24) is 19.9 Å². The van der Waals surface area contributed by atoms with E-state index < -0.39 is 0 Å². The number of fused-ring (bicyclic) bond motifs is 9. The number of furan rings is 1. The molecule has 274 valence electrons. The van der Waals surface area contributed by atoms with E-state index in [9.17, 15) is 0 Å². The number of aromatic nitrogens is 4. The van der Waals surface area contributed by atoms with Crippen molar-refractivity contribution < 1.29 is 4.42 Å². The number of hydrogen-bond acceptors (Lipinski definition) is 5. The standard InChI is InChI=1S/C54H32N4O/c1-2-13-34(14-3-1)52-56-53(35-29-27-33(28-30-35)45-31-36-15-4-5-16-37(36)46-32-55-47-24-8-6-17-43(47)50(45)46)58-54(57-52)42-23-11-19-38-39(20-10-21-40(38)42)41-22-12-26-49-51(41)44-18-7-9-25-48(44)59-49/h1-32H. The van der Waals surface area contributed by atoms with Crippen molar-refractivity contribution in [3.63, 3.8) is 0 Å². The van der Waals surface area contributed by atoms with Gasteiger partial charge in [0.05, 0.1) is 5.52 Å². The van der Waals surface area contributed by atoms with Crippen LogP contribution in [0.5, 0.6) is 0 Å². The molecule has 3 aromatic heterocycles. The third-order valence-corrected chi connectivity index (χ3v) is 11.6. The van der Waals surface area contributed by atoms with E-state index >= 15 is 0 Å². The maximum atomic E-state index is 6.29. The molecule has 12 rings (SSSR count). The highest BCUT2D eigenvalue weighted by Gasteiger charge is 2.19. The third kappa shape index (κ3) is 5.40. The summed E-state index contributed by atoms with van der Waals surface area (Å²) in [6.07, 6.45) is 2.02. The fourth-order valence-corrected chi connectivity index (χ4v) is 8.84. The molecule has 0 atom stereocenters. The first-order valence-electron chi connectivity index (χ1n) is 19.8. The topological polar surface area (TPSA) is 64.7 Å². The molecule has 0 N–H and O–H groups in total. The van der Waals surface area contributed by atoms with E-state index in [1.54, 1.807) is 0 Å². The Morgan fingerprint density at radius 3 is 1.73 bits per heavy atom. The fourth-order valence-electron chi connectivity index (χ4n) is 8.84. The van der Waals surface area contributed by atoms with Crippen LogP contribution < -0.4 is 0 Å². The summed E-state index contributed by atoms with van der Waals surface area (Å²) in [4.78, 5) is 20.3. The summed E-state index contributed by atoms with van der Waals surface area (Å²) in [7, 11) is 0. The molecule has 0 bridgehead atoms. The highest BCUT2D eigenvalue weighted by Crippen LogP contribution is 2.42. The molecule has 0 unspecified atom stereocenters. The molecule has 0 amide bonds. The summed E-state index contributed by atoms with van der Waals surface area (Å²) >= 11 is 0. The summed E-state index contributed by atoms with van der Waals surface area (Å²) in [5.41, 5.74) is 10.0. The zero-order chi connectivity index (χ0) is 38.9. The molecule has 59 heavy (non-hydrogen) atoms. The number of para-hydroxylation sites is 2. The minimum absolute atomic E-state index is 0.612. The van der Waals surface area contributed by atoms with E-state index in [1.165, 1.54) is 16.2 Å². The van der Waals surface area contributed by atoms with Crippen LogP contribution in [-0.4, -0.2) is 19.9 Å². The smallest absolute Gasteiger partial charge is 0.164 e. The predicted octanol–water partition coefficient (Wildman–Crippen LogP) is 14.1. The van der Waals surface area contributed by atoms with Crippen molar-refractivity contribution in [2.24, 2.45) is 0 Å². The van der Waals surface area contributed by atoms with Gasteiger partial charge < -0.3 is 4.42 Å². The Morgan fingerprint density at radius 1 is 0.322 bits per heavy atom. The zero-order valence-electron chi connectivity index (χ0n) is 31.7. The maximum absolute atomic E-state index is 6.29. The van der Waals surface area contributed by atoms with Gasteiger partial charge in [-0.2, -0.15) is 0 Å². The van der Waals surface area contributed by atoms with Gasteiger partial charge in [-0.15, -0.1) is 0 Å². The van der Waals surface area contributed by atoms with Crippen molar-refractivity contribution in [3.05, 3.63) is 194 Å². The third-order valence-electron chi connectivity index (χ3n) is 11.6. The van der Waals surface area contributed by atoms with E-state index in [1.807, 2.05) is 60.8 Å². The van der Waals surface area contributed by atoms with Crippen LogP contribution in [0.1, 0.15) is 0 Å². The minimum atomic E-state index is 0.612. The van der Waals surface area contributed by atoms with Gasteiger partial charge in [0.2, 0.25) is 0 Å². The van der Waals surface area contributed by atoms with Gasteiger partial charge in [0.15, 0.2) is 17.5 Å². The Labute approximate surface area is 338 Å². The molecule has 0 fully saturated rings. The van der Waals surface area contributed by atoms with Crippen molar-refractivity contribution in [3.8, 4) is 56.4 Å². The van der Waals surface area contributed by atoms with Crippen LogP contribution in [0.3, 0.4) is 0 Å². The van der Waals surface area contributed by atoms with Crippen LogP contribution in [-0.2, 0) is 0 Å². The van der Waals surface area contributed by atoms with E-state index in [0.717, 1.165) is 87.9 Å². The molecular weight excluding hydrogens is 721 g/mol. The largest absolute Gasteiger partial charge is 0.456 e. The van der Waals surface area contributed by atoms with Crippen LogP contribution in [0.15, 0.2) is 199 Å². The van der Waals surface area contributed by atoms with Crippen molar-refractivity contribution in [1.29, 1.82) is 0 Å². The second kappa shape index (κ2) is 13.3. The summed E-state index contributed by atoms with van der Waals surface area (Å²) in [6, 6.07) is 65.4. The summed E-state index contributed by atoms with van der Waals surface area (Å²) < 4.78 is 6.29. The van der Waals surface area contributed by atoms with Crippen LogP contribution >= 0.6 is 0 Å². The molecule has 3 heterocycles. The Morgan fingerprint density at radius 2 is 0.898 bits per heavy atom. The molecule has 0 aliphatic rings. The van der Waals surface area contributed by atoms with Crippen LogP contribution in [0.4, 0.5) is 0 Å². The van der Waals surface area contributed by atoms with Gasteiger partial charge in [-0.25, -0.2) is 15.0 Å². The quantitative estimate of drug-likeness (QED) is 0.164. The monoisotopic (exact) mass is 752 g/mol. The van der Waals surface area contributed by atoms with Gasteiger partial charge >= 0.3 is 0 Å². The number of hydrogen-bond donors (Lipinski definition) is 0. The lowest BCUT2D eigenvalue weighted by atomic mass is 9.91. The molecule has 0 saturated carbocycles. The average Bonchev–Trinajstić information content (AvgIpc) is 3.70. The second-order valence-electron chi connectivity index (χ2n) is 14.9. The fraction of sp³-hybridized carbons (Fsp3) is 0. The van der Waals surface area contributed by atoms with E-state index in [0.29, 0.717) is 17.5 Å². The normalized spacial score (nSPS) is 11.7. The van der Waals surface area contributed by atoms with Crippen LogP contribution in [0.2, 0.25) is 0 Å². The highest BCUT2D eigenvalue weighted by atomic mass is 16.3. The van der Waals surface area contributed by atoms with E-state index in [2.05, 4.69) is 133 Å². The van der Waals surface area contributed by atoms with Gasteiger partial charge in [0.1, 0.15) is 11.2 Å². The zero-order valence-corrected chi connectivity index (χ0v) is 31.7. The molecule has 0 radical (unpaired) electrons. The second-order valence-corrected chi connectivity index (χ2v) is 14.9. The Hall–Kier alpha value is -8.02. The van der Waals surface area contributed by atoms with Gasteiger partial charge in [0.25, 0.3) is 0 Å². The molecule has 9 aromatic carbocycles. The van der Waals surface area contributed by atoms with Gasteiger partial charge in [-0.3, -0.25) is 4.98 Å². The number of rotatable bonds is 5. The molecule has 0 spiro atoms. The van der Waals surface area contributed by atoms with E-state index in [-0.39, 0.29) is 0 Å². The molecule has 12 aromatic rings. The lowest BCUT2D eigenvalue weighted by Gasteiger charge is -2.14. The van der Waals surface area contributed by atoms with Crippen molar-refractivity contribution in [2.75, 3.05) is 0 Å². The summed E-state index contributed by atoms with van der Waals surface area (Å²) in [5, 5.41) is 10.2. The lowest BCUT2D eigenvalue weighted by Crippen LogP contribution is -2.00. The first-order chi connectivity index (χ1) is 29.2. The molecular formula is C54H32N4O. The SMILES string of the molecule is c1ccc(-c2nc(-c3ccc(-c4cc5ccccc5c5cnc6ccccc6c45)cc3)nc(-c3cccc4c(-c5cccc6oc7ccccc7c56)cccc34)n2)cc1. The van der Waals surface area contributed by atoms with Crippen LogP contribution in [0.25, 0.3) is 122 Å². The van der Waals surface area contributed by atoms with Crippen LogP contribution in [0, 0.1) is 0 Å². The number of pyridine rings is 1. The first kappa shape index (κ1) is 33.2. The average molecular weight is 753 g/mol. The number of benzene rings is 9. The molecule has 0 aliphatic heterocycles. The van der Waals surface area contributed by atoms with Gasteiger partial charge in [-0.1, -0.05) is 164 Å². The van der Waals surface area contributed by atoms with E-state index in [4.69, 9.17) is 24.4 Å². The first-order valence-corrected chi connectivity index (χ1v) is 19.8. The highest BCUT2D eigenvalue weighted by molar-refractivity contribution is 6.22. The Balaban J connectivity index is 1.02. The molecule has 0 saturated heterocycles. The minimum Gasteiger partial charge on any atom is -0.456 e. The van der Waals surface area contributed by atoms with Crippen molar-refractivity contribution in [2.45, 2.75) is 0 Å². The maximum Gasteiger partial charge on any atom is 0.164 e. The number of nitrogens with zero attached hydrogens (tertiary/aromatic N) is 4. The lowest BCUT2D eigenvalue weighted by molar-refractivity contribution is 0.669. The van der Waals surface area contributed by atoms with Gasteiger partial charge in [-0.05, 0) is 68.1 Å². The molecule has 5 heteroatoms. The van der Waals surface area contributed by atoms with Gasteiger partial charge in [0, 0.05) is 49.8 Å². The van der Waals surface area contributed by atoms with Crippen molar-refractivity contribution >= 4 is 65.2 Å². The summed E-state index contributed by atoms with van der Waals surface area (Å²) in [5.74, 6) is 1.85.